The van der Waals surface area contributed by atoms with E-state index in [1.54, 1.807) is 0 Å². The molecule has 0 radical (unpaired) electrons. The highest BCUT2D eigenvalue weighted by Crippen LogP contribution is 2.26. The molecule has 1 amide bonds. The van der Waals surface area contributed by atoms with Gasteiger partial charge in [-0.2, -0.15) is 0 Å². The number of carbonyl (C=O) groups is 2. The molecule has 14 heteroatoms. The molecule has 0 bridgehead atoms. The van der Waals surface area contributed by atoms with Crippen molar-refractivity contribution in [1.82, 2.24) is 4.47 Å². The summed E-state index contributed by atoms with van der Waals surface area (Å²) in [5.74, 6) is -2.98. The van der Waals surface area contributed by atoms with Crippen LogP contribution in [-0.4, -0.2) is 50.5 Å². The number of hydrogen-bond acceptors (Lipinski definition) is 8. The highest BCUT2D eigenvalue weighted by Gasteiger charge is 2.25. The molecular formula is C17H15ClFN3O8S. The number of amides is 1. The lowest BCUT2D eigenvalue weighted by atomic mass is 10.2. The van der Waals surface area contributed by atoms with E-state index in [-0.39, 0.29) is 10.6 Å². The quantitative estimate of drug-likeness (QED) is 0.348. The van der Waals surface area contributed by atoms with E-state index in [4.69, 9.17) is 16.3 Å². The first kappa shape index (κ1) is 24.1. The zero-order chi connectivity index (χ0) is 23.3. The van der Waals surface area contributed by atoms with Gasteiger partial charge in [0, 0.05) is 19.2 Å². The van der Waals surface area contributed by atoms with E-state index >= 15 is 0 Å². The molecule has 2 aromatic rings. The minimum absolute atomic E-state index is 0.181. The Morgan fingerprint density at radius 1 is 1.26 bits per heavy atom. The van der Waals surface area contributed by atoms with Crippen LogP contribution in [0.3, 0.4) is 0 Å². The van der Waals surface area contributed by atoms with Crippen LogP contribution in [0.4, 0.5) is 15.8 Å². The van der Waals surface area contributed by atoms with Crippen LogP contribution in [-0.2, 0) is 24.4 Å². The average molecular weight is 476 g/mol. The van der Waals surface area contributed by atoms with Gasteiger partial charge >= 0.3 is 5.97 Å². The van der Waals surface area contributed by atoms with Crippen LogP contribution in [0.5, 0.6) is 0 Å². The first-order chi connectivity index (χ1) is 14.5. The Morgan fingerprint density at radius 2 is 1.94 bits per heavy atom. The minimum Gasteiger partial charge on any atom is -0.452 e. The van der Waals surface area contributed by atoms with E-state index in [1.165, 1.54) is 6.07 Å². The molecule has 0 aromatic heterocycles. The van der Waals surface area contributed by atoms with Crippen molar-refractivity contribution in [2.24, 2.45) is 0 Å². The maximum atomic E-state index is 13.7. The van der Waals surface area contributed by atoms with Gasteiger partial charge in [0.25, 0.3) is 21.6 Å². The number of non-ortho nitro benzene ring substituents is 1. The molecule has 0 saturated heterocycles. The third kappa shape index (κ3) is 5.73. The molecule has 0 heterocycles. The summed E-state index contributed by atoms with van der Waals surface area (Å²) in [4.78, 5) is 38.3. The van der Waals surface area contributed by atoms with E-state index in [0.717, 1.165) is 44.5 Å². The second-order valence-corrected chi connectivity index (χ2v) is 8.10. The van der Waals surface area contributed by atoms with Gasteiger partial charge < -0.3 is 10.1 Å². The van der Waals surface area contributed by atoms with Crippen molar-refractivity contribution in [3.05, 3.63) is 62.9 Å². The molecule has 0 atom stereocenters. The number of anilines is 1. The summed E-state index contributed by atoms with van der Waals surface area (Å²) >= 11 is 5.89. The molecule has 0 aliphatic heterocycles. The van der Waals surface area contributed by atoms with Gasteiger partial charge in [-0.15, -0.1) is 0 Å². The Labute approximate surface area is 180 Å². The van der Waals surface area contributed by atoms with E-state index in [9.17, 15) is 32.5 Å². The molecular weight excluding hydrogens is 461 g/mol. The number of carbonyl (C=O) groups excluding carboxylic acids is 2. The summed E-state index contributed by atoms with van der Waals surface area (Å²) in [5, 5.41) is 12.6. The Balaban J connectivity index is 2.11. The summed E-state index contributed by atoms with van der Waals surface area (Å²) in [7, 11) is -1.93. The lowest BCUT2D eigenvalue weighted by Gasteiger charge is -2.15. The van der Waals surface area contributed by atoms with Crippen LogP contribution in [0.1, 0.15) is 10.4 Å². The van der Waals surface area contributed by atoms with Crippen LogP contribution >= 0.6 is 11.6 Å². The van der Waals surface area contributed by atoms with Crippen molar-refractivity contribution in [3.8, 4) is 0 Å². The van der Waals surface area contributed by atoms with Crippen molar-refractivity contribution >= 4 is 44.9 Å². The largest absolute Gasteiger partial charge is 0.452 e. The van der Waals surface area contributed by atoms with Gasteiger partial charge in [0.1, 0.15) is 10.7 Å². The lowest BCUT2D eigenvalue weighted by Crippen LogP contribution is -2.26. The van der Waals surface area contributed by atoms with Gasteiger partial charge in [0.2, 0.25) is 0 Å². The number of benzene rings is 2. The number of halogens is 2. The zero-order valence-electron chi connectivity index (χ0n) is 16.0. The molecule has 11 nitrogen and oxygen atoms in total. The Bertz CT molecular complexity index is 1140. The van der Waals surface area contributed by atoms with Crippen molar-refractivity contribution in [2.75, 3.05) is 26.1 Å². The molecule has 1 N–H and O–H groups in total. The molecule has 0 spiro atoms. The normalized spacial score (nSPS) is 11.3. The highest BCUT2D eigenvalue weighted by atomic mass is 35.5. The number of sulfonamides is 1. The fourth-order valence-corrected chi connectivity index (χ4v) is 3.66. The smallest absolute Gasteiger partial charge is 0.338 e. The third-order valence-corrected chi connectivity index (χ3v) is 5.97. The first-order valence-corrected chi connectivity index (χ1v) is 10.0. The van der Waals surface area contributed by atoms with Crippen LogP contribution < -0.4 is 5.32 Å². The fourth-order valence-electron chi connectivity index (χ4n) is 2.19. The van der Waals surface area contributed by atoms with Crippen LogP contribution in [0.15, 0.2) is 41.3 Å². The summed E-state index contributed by atoms with van der Waals surface area (Å²) in [6.07, 6.45) is 0. The van der Waals surface area contributed by atoms with Crippen molar-refractivity contribution < 1.29 is 36.9 Å². The topological polar surface area (TPSA) is 145 Å². The molecule has 31 heavy (non-hydrogen) atoms. The molecule has 2 rings (SSSR count). The second kappa shape index (κ2) is 9.78. The predicted molar refractivity (Wildman–Crippen MR) is 105 cm³/mol. The third-order valence-electron chi connectivity index (χ3n) is 3.81. The molecule has 0 unspecified atom stereocenters. The monoisotopic (exact) mass is 475 g/mol. The van der Waals surface area contributed by atoms with Gasteiger partial charge in [-0.1, -0.05) is 16.1 Å². The van der Waals surface area contributed by atoms with E-state index in [2.05, 4.69) is 4.84 Å². The summed E-state index contributed by atoms with van der Waals surface area (Å²) in [5.41, 5.74) is -1.16. The van der Waals surface area contributed by atoms with E-state index < -0.39 is 55.5 Å². The van der Waals surface area contributed by atoms with Crippen molar-refractivity contribution in [1.29, 1.82) is 0 Å². The maximum Gasteiger partial charge on any atom is 0.338 e. The van der Waals surface area contributed by atoms with Gasteiger partial charge in [0.15, 0.2) is 6.61 Å². The fraction of sp³-hybridized carbons (Fsp3) is 0.176. The molecule has 166 valence electrons. The number of nitrogens with zero attached hydrogens (tertiary/aromatic N) is 2. The summed E-state index contributed by atoms with van der Waals surface area (Å²) in [6.45, 7) is -0.871. The number of nitrogens with one attached hydrogen (secondary N) is 1. The summed E-state index contributed by atoms with van der Waals surface area (Å²) < 4.78 is 43.7. The maximum absolute atomic E-state index is 13.7. The number of nitro groups is 1. The van der Waals surface area contributed by atoms with Gasteiger partial charge in [-0.25, -0.2) is 17.6 Å². The first-order valence-electron chi connectivity index (χ1n) is 8.21. The van der Waals surface area contributed by atoms with Gasteiger partial charge in [-0.3, -0.25) is 19.7 Å². The van der Waals surface area contributed by atoms with Gasteiger partial charge in [-0.05, 0) is 24.3 Å². The average Bonchev–Trinajstić information content (AvgIpc) is 2.72. The summed E-state index contributed by atoms with van der Waals surface area (Å²) in [6, 6.07) is 5.78. The van der Waals surface area contributed by atoms with Crippen molar-refractivity contribution in [2.45, 2.75) is 4.90 Å². The van der Waals surface area contributed by atoms with Crippen molar-refractivity contribution in [3.63, 3.8) is 0 Å². The standard InChI is InChI=1S/C17H15ClFN3O8S/c1-21(29-2)31(27,28)15-7-10(3-5-12(15)18)17(24)30-9-16(23)20-14-8-11(22(25)26)4-6-13(14)19/h3-8H,9H2,1-2H3,(H,20,23). The molecule has 0 aliphatic rings. The number of ether oxygens (including phenoxy) is 1. The second-order valence-electron chi connectivity index (χ2n) is 5.79. The minimum atomic E-state index is -4.17. The Hall–Kier alpha value is -3.13. The Kier molecular flexibility index (Phi) is 7.62. The zero-order valence-corrected chi connectivity index (χ0v) is 17.6. The van der Waals surface area contributed by atoms with Crippen LogP contribution in [0.25, 0.3) is 0 Å². The highest BCUT2D eigenvalue weighted by molar-refractivity contribution is 7.89. The number of esters is 1. The van der Waals surface area contributed by atoms with Crippen LogP contribution in [0.2, 0.25) is 5.02 Å². The number of hydrogen-bond donors (Lipinski definition) is 1. The number of nitro benzene ring substituents is 1. The lowest BCUT2D eigenvalue weighted by molar-refractivity contribution is -0.384. The molecule has 0 fully saturated rings. The number of rotatable bonds is 8. The molecule has 0 saturated carbocycles. The predicted octanol–water partition coefficient (Wildman–Crippen LogP) is 2.36. The molecule has 0 aliphatic carbocycles. The SMILES string of the molecule is CON(C)S(=O)(=O)c1cc(C(=O)OCC(=O)Nc2cc([N+](=O)[O-])ccc2F)ccc1Cl. The van der Waals surface area contributed by atoms with E-state index in [0.29, 0.717) is 4.47 Å². The number of hydroxylamine groups is 1. The molecule has 2 aromatic carbocycles. The van der Waals surface area contributed by atoms with E-state index in [1.807, 2.05) is 5.32 Å². The Morgan fingerprint density at radius 3 is 2.55 bits per heavy atom. The van der Waals surface area contributed by atoms with Crippen LogP contribution in [0, 0.1) is 15.9 Å². The van der Waals surface area contributed by atoms with Gasteiger partial charge in [0.05, 0.1) is 28.3 Å².